The monoisotopic (exact) mass is 498 g/mol. The van der Waals surface area contributed by atoms with E-state index in [4.69, 9.17) is 4.74 Å². The fraction of sp³-hybridized carbons (Fsp3) is 0.824. The molecule has 1 aliphatic rings. The van der Waals surface area contributed by atoms with Gasteiger partial charge in [-0.2, -0.15) is 0 Å². The fourth-order valence-corrected chi connectivity index (χ4v) is 2.72. The predicted molar refractivity (Wildman–Crippen MR) is 118 cm³/mol. The van der Waals surface area contributed by atoms with Gasteiger partial charge in [-0.1, -0.05) is 0 Å². The molecular formula is C17H35IN6O3. The molecule has 0 radical (unpaired) electrons. The highest BCUT2D eigenvalue weighted by atomic mass is 127. The molecule has 1 rings (SSSR count). The number of methoxy groups -OCH3 is 1. The van der Waals surface area contributed by atoms with Crippen molar-refractivity contribution in [3.8, 4) is 0 Å². The van der Waals surface area contributed by atoms with Crippen LogP contribution in [0.25, 0.3) is 0 Å². The third kappa shape index (κ3) is 9.06. The van der Waals surface area contributed by atoms with Crippen molar-refractivity contribution in [1.29, 1.82) is 0 Å². The number of guanidine groups is 1. The number of hydrogen-bond donors (Lipinski definition) is 3. The lowest BCUT2D eigenvalue weighted by molar-refractivity contribution is -0.128. The van der Waals surface area contributed by atoms with Gasteiger partial charge in [0.15, 0.2) is 5.96 Å². The molecule has 1 saturated heterocycles. The maximum atomic E-state index is 11.9. The zero-order chi connectivity index (χ0) is 19.6. The Morgan fingerprint density at radius 1 is 1.15 bits per heavy atom. The number of nitrogens with zero attached hydrogens (tertiary/aromatic N) is 3. The van der Waals surface area contributed by atoms with Crippen LogP contribution in [0.2, 0.25) is 0 Å². The fourth-order valence-electron chi connectivity index (χ4n) is 2.72. The van der Waals surface area contributed by atoms with E-state index >= 15 is 0 Å². The Kier molecular flexibility index (Phi) is 12.6. The average Bonchev–Trinajstić information content (AvgIpc) is 2.62. The maximum Gasteiger partial charge on any atom is 0.234 e. The summed E-state index contributed by atoms with van der Waals surface area (Å²) in [5.41, 5.74) is -0.521. The van der Waals surface area contributed by atoms with E-state index in [0.717, 1.165) is 32.1 Å². The van der Waals surface area contributed by atoms with Crippen molar-refractivity contribution in [2.75, 3.05) is 73.6 Å². The van der Waals surface area contributed by atoms with Gasteiger partial charge in [-0.05, 0) is 13.8 Å². The number of rotatable bonds is 8. The average molecular weight is 498 g/mol. The summed E-state index contributed by atoms with van der Waals surface area (Å²) in [7, 11) is 5.00. The van der Waals surface area contributed by atoms with Gasteiger partial charge < -0.3 is 25.6 Å². The second-order valence-corrected chi connectivity index (χ2v) is 6.97. The lowest BCUT2D eigenvalue weighted by Crippen LogP contribution is -2.55. The van der Waals surface area contributed by atoms with Crippen molar-refractivity contribution in [3.05, 3.63) is 0 Å². The molecule has 0 aromatic carbocycles. The summed E-state index contributed by atoms with van der Waals surface area (Å²) in [6, 6.07) is 0. The molecule has 0 atom stereocenters. The van der Waals surface area contributed by atoms with E-state index in [-0.39, 0.29) is 35.8 Å². The van der Waals surface area contributed by atoms with Crippen molar-refractivity contribution >= 4 is 41.8 Å². The number of amides is 2. The molecule has 3 N–H and O–H groups in total. The van der Waals surface area contributed by atoms with Crippen LogP contribution >= 0.6 is 24.0 Å². The van der Waals surface area contributed by atoms with Crippen LogP contribution in [0.4, 0.5) is 0 Å². The quantitative estimate of drug-likeness (QED) is 0.178. The SMILES string of the molecule is CN=C(NCC(C)(C)C(=O)NC)N1CCN(CC(=O)NCCOC)CC1.I. The molecule has 0 saturated carbocycles. The minimum absolute atomic E-state index is 0. The first kappa shape index (κ1) is 25.9. The Balaban J connectivity index is 0.00000676. The third-order valence-corrected chi connectivity index (χ3v) is 4.41. The zero-order valence-corrected chi connectivity index (χ0v) is 19.5. The van der Waals surface area contributed by atoms with Crippen LogP contribution in [-0.4, -0.2) is 101 Å². The maximum absolute atomic E-state index is 11.9. The molecule has 1 fully saturated rings. The molecule has 0 bridgehead atoms. The van der Waals surface area contributed by atoms with Gasteiger partial charge in [0.25, 0.3) is 0 Å². The number of piperazine rings is 1. The standard InChI is InChI=1S/C17H34N6O3.HI/c1-17(2,15(25)18-3)13-21-16(19-4)23-9-7-22(8-10-23)12-14(24)20-6-11-26-5;/h6-13H2,1-5H3,(H,18,25)(H,19,21)(H,20,24);1H. The van der Waals surface area contributed by atoms with Gasteiger partial charge in [0, 0.05) is 60.5 Å². The second kappa shape index (κ2) is 13.1. The molecule has 27 heavy (non-hydrogen) atoms. The van der Waals surface area contributed by atoms with Crippen molar-refractivity contribution < 1.29 is 14.3 Å². The van der Waals surface area contributed by atoms with E-state index in [9.17, 15) is 9.59 Å². The predicted octanol–water partition coefficient (Wildman–Crippen LogP) is -0.668. The van der Waals surface area contributed by atoms with Gasteiger partial charge in [0.1, 0.15) is 0 Å². The number of hydrogen-bond acceptors (Lipinski definition) is 5. The van der Waals surface area contributed by atoms with Gasteiger partial charge in [-0.25, -0.2) is 0 Å². The largest absolute Gasteiger partial charge is 0.383 e. The smallest absolute Gasteiger partial charge is 0.234 e. The summed E-state index contributed by atoms with van der Waals surface area (Å²) in [6.45, 7) is 8.89. The first-order chi connectivity index (χ1) is 12.3. The van der Waals surface area contributed by atoms with E-state index in [1.54, 1.807) is 21.2 Å². The summed E-state index contributed by atoms with van der Waals surface area (Å²) in [5, 5.41) is 8.81. The Hall–Kier alpha value is -1.14. The summed E-state index contributed by atoms with van der Waals surface area (Å²) in [5.74, 6) is 0.793. The molecule has 2 amide bonds. The molecule has 0 aromatic heterocycles. The molecular weight excluding hydrogens is 463 g/mol. The molecule has 0 unspecified atom stereocenters. The minimum Gasteiger partial charge on any atom is -0.383 e. The van der Waals surface area contributed by atoms with Crippen LogP contribution in [0.1, 0.15) is 13.8 Å². The molecule has 1 heterocycles. The highest BCUT2D eigenvalue weighted by Gasteiger charge is 2.28. The Morgan fingerprint density at radius 2 is 1.78 bits per heavy atom. The number of ether oxygens (including phenoxy) is 1. The number of carbonyl (C=O) groups is 2. The number of aliphatic imine (C=N–C) groups is 1. The van der Waals surface area contributed by atoms with E-state index in [2.05, 4.69) is 30.7 Å². The van der Waals surface area contributed by atoms with E-state index in [1.165, 1.54) is 0 Å². The normalized spacial score (nSPS) is 15.7. The van der Waals surface area contributed by atoms with Crippen LogP contribution in [-0.2, 0) is 14.3 Å². The Morgan fingerprint density at radius 3 is 2.30 bits per heavy atom. The third-order valence-electron chi connectivity index (χ3n) is 4.41. The number of carbonyl (C=O) groups excluding carboxylic acids is 2. The van der Waals surface area contributed by atoms with Crippen molar-refractivity contribution in [3.63, 3.8) is 0 Å². The molecule has 1 aliphatic heterocycles. The van der Waals surface area contributed by atoms with Gasteiger partial charge in [0.2, 0.25) is 11.8 Å². The molecule has 0 spiro atoms. The van der Waals surface area contributed by atoms with Gasteiger partial charge in [0.05, 0.1) is 18.6 Å². The Bertz CT molecular complexity index is 493. The second-order valence-electron chi connectivity index (χ2n) is 6.97. The van der Waals surface area contributed by atoms with Crippen molar-refractivity contribution in [2.24, 2.45) is 10.4 Å². The van der Waals surface area contributed by atoms with Crippen molar-refractivity contribution in [2.45, 2.75) is 13.8 Å². The zero-order valence-electron chi connectivity index (χ0n) is 17.1. The summed E-state index contributed by atoms with van der Waals surface area (Å²) >= 11 is 0. The number of nitrogens with one attached hydrogen (secondary N) is 3. The lowest BCUT2D eigenvalue weighted by atomic mass is 9.92. The highest BCUT2D eigenvalue weighted by Crippen LogP contribution is 2.13. The summed E-state index contributed by atoms with van der Waals surface area (Å²) in [6.07, 6.45) is 0. The van der Waals surface area contributed by atoms with E-state index < -0.39 is 5.41 Å². The van der Waals surface area contributed by atoms with Crippen LogP contribution < -0.4 is 16.0 Å². The highest BCUT2D eigenvalue weighted by molar-refractivity contribution is 14.0. The van der Waals surface area contributed by atoms with Gasteiger partial charge in [-0.15, -0.1) is 24.0 Å². The minimum atomic E-state index is -0.521. The summed E-state index contributed by atoms with van der Waals surface area (Å²) in [4.78, 5) is 32.4. The first-order valence-electron chi connectivity index (χ1n) is 8.99. The van der Waals surface area contributed by atoms with Gasteiger partial charge in [-0.3, -0.25) is 19.5 Å². The molecule has 0 aliphatic carbocycles. The van der Waals surface area contributed by atoms with Crippen LogP contribution in [0, 0.1) is 5.41 Å². The summed E-state index contributed by atoms with van der Waals surface area (Å²) < 4.78 is 4.92. The first-order valence-corrected chi connectivity index (χ1v) is 8.99. The van der Waals surface area contributed by atoms with Crippen molar-refractivity contribution in [1.82, 2.24) is 25.8 Å². The molecule has 9 nitrogen and oxygen atoms in total. The van der Waals surface area contributed by atoms with Crippen LogP contribution in [0.15, 0.2) is 4.99 Å². The van der Waals surface area contributed by atoms with E-state index in [0.29, 0.717) is 26.2 Å². The van der Waals surface area contributed by atoms with Gasteiger partial charge >= 0.3 is 0 Å². The lowest BCUT2D eigenvalue weighted by Gasteiger charge is -2.37. The van der Waals surface area contributed by atoms with Crippen LogP contribution in [0.5, 0.6) is 0 Å². The molecule has 158 valence electrons. The molecule has 0 aromatic rings. The van der Waals surface area contributed by atoms with E-state index in [1.807, 2.05) is 13.8 Å². The topological polar surface area (TPSA) is 98.3 Å². The van der Waals surface area contributed by atoms with Crippen LogP contribution in [0.3, 0.4) is 0 Å². The molecule has 10 heteroatoms. The number of halogens is 1. The Labute approximate surface area is 179 Å².